The zero-order valence-electron chi connectivity index (χ0n) is 23.3. The molecular formula is C33H38FN5O. The summed E-state index contributed by atoms with van der Waals surface area (Å²) in [6.07, 6.45) is 3.86. The van der Waals surface area contributed by atoms with E-state index in [0.717, 1.165) is 74.7 Å². The summed E-state index contributed by atoms with van der Waals surface area (Å²) in [6, 6.07) is 24.4. The lowest BCUT2D eigenvalue weighted by atomic mass is 9.94. The molecule has 0 saturated carbocycles. The molecule has 1 fully saturated rings. The van der Waals surface area contributed by atoms with E-state index < -0.39 is 0 Å². The van der Waals surface area contributed by atoms with Crippen molar-refractivity contribution in [2.75, 3.05) is 51.2 Å². The van der Waals surface area contributed by atoms with Crippen molar-refractivity contribution in [2.24, 2.45) is 0 Å². The van der Waals surface area contributed by atoms with E-state index in [1.807, 2.05) is 61.7 Å². The van der Waals surface area contributed by atoms with E-state index in [9.17, 15) is 9.18 Å². The molecule has 1 saturated heterocycles. The molecule has 6 nitrogen and oxygen atoms in total. The van der Waals surface area contributed by atoms with E-state index >= 15 is 0 Å². The van der Waals surface area contributed by atoms with Gasteiger partial charge in [-0.1, -0.05) is 48.5 Å². The Morgan fingerprint density at radius 3 is 2.52 bits per heavy atom. The van der Waals surface area contributed by atoms with Crippen LogP contribution in [0.4, 0.5) is 10.3 Å². The van der Waals surface area contributed by atoms with Gasteiger partial charge in [-0.3, -0.25) is 4.79 Å². The molecule has 1 atom stereocenters. The molecule has 5 rings (SSSR count). The van der Waals surface area contributed by atoms with Crippen LogP contribution in [0.3, 0.4) is 0 Å². The van der Waals surface area contributed by atoms with Gasteiger partial charge in [-0.05, 0) is 67.9 Å². The van der Waals surface area contributed by atoms with Crippen LogP contribution in [-0.4, -0.2) is 71.6 Å². The maximum absolute atomic E-state index is 13.7. The first-order valence-corrected chi connectivity index (χ1v) is 14.1. The van der Waals surface area contributed by atoms with Crippen LogP contribution in [0.2, 0.25) is 0 Å². The molecule has 1 aromatic heterocycles. The van der Waals surface area contributed by atoms with E-state index in [4.69, 9.17) is 4.98 Å². The molecule has 0 radical (unpaired) electrons. The van der Waals surface area contributed by atoms with E-state index in [1.54, 1.807) is 4.90 Å². The van der Waals surface area contributed by atoms with Crippen LogP contribution in [0.25, 0.3) is 11.0 Å². The Kier molecular flexibility index (Phi) is 8.91. The van der Waals surface area contributed by atoms with Gasteiger partial charge in [0, 0.05) is 51.3 Å². The summed E-state index contributed by atoms with van der Waals surface area (Å²) in [4.78, 5) is 24.7. The van der Waals surface area contributed by atoms with Crippen LogP contribution in [0.15, 0.2) is 91.5 Å². The van der Waals surface area contributed by atoms with Gasteiger partial charge in [0.1, 0.15) is 5.82 Å². The fourth-order valence-corrected chi connectivity index (χ4v) is 5.66. The molecule has 0 spiro atoms. The van der Waals surface area contributed by atoms with Gasteiger partial charge in [0.05, 0.1) is 11.0 Å². The minimum absolute atomic E-state index is 0.000499. The van der Waals surface area contributed by atoms with Crippen LogP contribution >= 0.6 is 0 Å². The average molecular weight is 540 g/mol. The van der Waals surface area contributed by atoms with Gasteiger partial charge >= 0.3 is 0 Å². The van der Waals surface area contributed by atoms with E-state index in [0.29, 0.717) is 12.1 Å². The maximum Gasteiger partial charge on any atom is 0.253 e. The zero-order chi connectivity index (χ0) is 27.9. The normalized spacial score (nSPS) is 15.1. The predicted octanol–water partition coefficient (Wildman–Crippen LogP) is 5.82. The predicted molar refractivity (Wildman–Crippen MR) is 160 cm³/mol. The van der Waals surface area contributed by atoms with Gasteiger partial charge < -0.3 is 19.3 Å². The first kappa shape index (κ1) is 27.6. The molecule has 7 heteroatoms. The number of hydrogen-bond acceptors (Lipinski definition) is 4. The number of likely N-dealkylation sites (N-methyl/N-ethyl adjacent to an activating group) is 1. The molecule has 2 heterocycles. The second-order valence-electron chi connectivity index (χ2n) is 10.6. The van der Waals surface area contributed by atoms with Crippen LogP contribution in [0.1, 0.15) is 34.7 Å². The van der Waals surface area contributed by atoms with Crippen molar-refractivity contribution in [2.45, 2.75) is 25.3 Å². The van der Waals surface area contributed by atoms with Crippen LogP contribution in [0.5, 0.6) is 0 Å². The molecule has 0 N–H and O–H groups in total. The van der Waals surface area contributed by atoms with Crippen molar-refractivity contribution in [3.63, 3.8) is 0 Å². The van der Waals surface area contributed by atoms with Crippen molar-refractivity contribution in [1.82, 2.24) is 19.4 Å². The first-order valence-electron chi connectivity index (χ1n) is 14.1. The summed E-state index contributed by atoms with van der Waals surface area (Å²) in [5.74, 6) is 0.870. The quantitative estimate of drug-likeness (QED) is 0.238. The summed E-state index contributed by atoms with van der Waals surface area (Å²) < 4.78 is 16.0. The summed E-state index contributed by atoms with van der Waals surface area (Å²) in [5.41, 5.74) is 3.88. The summed E-state index contributed by atoms with van der Waals surface area (Å²) in [6.45, 7) is 9.96. The first-order chi connectivity index (χ1) is 19.5. The highest BCUT2D eigenvalue weighted by Gasteiger charge is 2.23. The largest absolute Gasteiger partial charge is 0.341 e. The molecule has 208 valence electrons. The number of carbonyl (C=O) groups is 1. The molecule has 40 heavy (non-hydrogen) atoms. The smallest absolute Gasteiger partial charge is 0.253 e. The van der Waals surface area contributed by atoms with Gasteiger partial charge in [0.2, 0.25) is 5.95 Å². The highest BCUT2D eigenvalue weighted by molar-refractivity contribution is 5.94. The van der Waals surface area contributed by atoms with Gasteiger partial charge in [-0.25, -0.2) is 9.37 Å². The molecule has 1 amide bonds. The van der Waals surface area contributed by atoms with Crippen molar-refractivity contribution in [1.29, 1.82) is 0 Å². The number of fused-ring (bicyclic) bond motifs is 1. The van der Waals surface area contributed by atoms with Gasteiger partial charge in [-0.15, -0.1) is 6.58 Å². The number of nitrogens with zero attached hydrogens (tertiary/aromatic N) is 5. The second-order valence-corrected chi connectivity index (χ2v) is 10.6. The van der Waals surface area contributed by atoms with Crippen LogP contribution < -0.4 is 4.90 Å². The molecule has 4 aromatic rings. The average Bonchev–Trinajstić information content (AvgIpc) is 3.17. The van der Waals surface area contributed by atoms with E-state index in [2.05, 4.69) is 39.1 Å². The third-order valence-corrected chi connectivity index (χ3v) is 7.81. The molecule has 0 aliphatic carbocycles. The fraction of sp³-hybridized carbons (Fsp3) is 0.333. The summed E-state index contributed by atoms with van der Waals surface area (Å²) in [7, 11) is 1.85. The number of rotatable bonds is 10. The molecule has 1 aliphatic rings. The Hall–Kier alpha value is -3.97. The number of amides is 1. The van der Waals surface area contributed by atoms with Crippen molar-refractivity contribution >= 4 is 22.9 Å². The van der Waals surface area contributed by atoms with E-state index in [1.165, 1.54) is 12.1 Å². The third kappa shape index (κ3) is 6.42. The van der Waals surface area contributed by atoms with Crippen molar-refractivity contribution < 1.29 is 9.18 Å². The Morgan fingerprint density at radius 1 is 1.00 bits per heavy atom. The zero-order valence-corrected chi connectivity index (χ0v) is 23.3. The number of anilines is 1. The Bertz CT molecular complexity index is 1420. The minimum Gasteiger partial charge on any atom is -0.341 e. The molecule has 1 aliphatic heterocycles. The molecule has 1 unspecified atom stereocenters. The highest BCUT2D eigenvalue weighted by atomic mass is 19.1. The highest BCUT2D eigenvalue weighted by Crippen LogP contribution is 2.26. The Morgan fingerprint density at radius 2 is 1.75 bits per heavy atom. The number of para-hydroxylation sites is 2. The molecular weight excluding hydrogens is 501 g/mol. The molecule has 3 aromatic carbocycles. The number of halogens is 1. The van der Waals surface area contributed by atoms with Gasteiger partial charge in [-0.2, -0.15) is 0 Å². The SMILES string of the molecule is C=CCn1c(N2CCCN(CCC(CN(C)C(=O)c3ccccc3)c3ccc(F)cc3)CC2)nc2ccccc21. The number of carbonyl (C=O) groups excluding carboxylic acids is 1. The number of aromatic nitrogens is 2. The monoisotopic (exact) mass is 539 g/mol. The van der Waals surface area contributed by atoms with Crippen molar-refractivity contribution in [3.05, 3.63) is 108 Å². The lowest BCUT2D eigenvalue weighted by molar-refractivity contribution is 0.0782. The van der Waals surface area contributed by atoms with Crippen LogP contribution in [0, 0.1) is 5.82 Å². The topological polar surface area (TPSA) is 44.6 Å². The van der Waals surface area contributed by atoms with Gasteiger partial charge in [0.25, 0.3) is 5.91 Å². The number of benzene rings is 3. The van der Waals surface area contributed by atoms with Gasteiger partial charge in [0.15, 0.2) is 0 Å². The van der Waals surface area contributed by atoms with Crippen LogP contribution in [-0.2, 0) is 6.54 Å². The van der Waals surface area contributed by atoms with E-state index in [-0.39, 0.29) is 17.6 Å². The lowest BCUT2D eigenvalue weighted by Crippen LogP contribution is -2.35. The lowest BCUT2D eigenvalue weighted by Gasteiger charge is -2.28. The fourth-order valence-electron chi connectivity index (χ4n) is 5.66. The van der Waals surface area contributed by atoms with Crippen molar-refractivity contribution in [3.8, 4) is 0 Å². The Balaban J connectivity index is 1.26. The number of allylic oxidation sites excluding steroid dienone is 1. The standard InChI is InChI=1S/C33H38FN5O/c1-3-19-39-31-13-8-7-12-30(31)35-33(39)38-21-9-20-37(23-24-38)22-18-28(26-14-16-29(34)17-15-26)25-36(2)32(40)27-10-5-4-6-11-27/h3-8,10-17,28H,1,9,18-25H2,2H3. The summed E-state index contributed by atoms with van der Waals surface area (Å²) in [5, 5.41) is 0. The summed E-state index contributed by atoms with van der Waals surface area (Å²) >= 11 is 0. The Labute approximate surface area is 236 Å². The number of hydrogen-bond donors (Lipinski definition) is 0. The second kappa shape index (κ2) is 12.9. The third-order valence-electron chi connectivity index (χ3n) is 7.81. The number of imidazole rings is 1. The minimum atomic E-state index is -0.244. The maximum atomic E-state index is 13.7. The molecule has 0 bridgehead atoms.